The van der Waals surface area contributed by atoms with Crippen LogP contribution in [0.1, 0.15) is 11.1 Å². The summed E-state index contributed by atoms with van der Waals surface area (Å²) in [6, 6.07) is 7.43. The molecule has 1 unspecified atom stereocenters. The number of rotatable bonds is 3. The quantitative estimate of drug-likeness (QED) is 0.397. The highest BCUT2D eigenvalue weighted by molar-refractivity contribution is 5.33. The third-order valence-electron chi connectivity index (χ3n) is 1.72. The highest BCUT2D eigenvalue weighted by atomic mass is 19.1. The summed E-state index contributed by atoms with van der Waals surface area (Å²) < 4.78 is 12.8. The molecule has 0 amide bonds. The molecular weight excluding hydrogens is 169 g/mol. The van der Waals surface area contributed by atoms with Gasteiger partial charge in [0, 0.05) is 6.42 Å². The van der Waals surface area contributed by atoms with Crippen molar-refractivity contribution in [3.05, 3.63) is 35.4 Å². The Kier molecular flexibility index (Phi) is 3.35. The van der Waals surface area contributed by atoms with Gasteiger partial charge in [-0.15, -0.1) is 0 Å². The van der Waals surface area contributed by atoms with Crippen molar-refractivity contribution in [1.29, 1.82) is 0 Å². The van der Waals surface area contributed by atoms with Crippen molar-refractivity contribution >= 4 is 6.08 Å². The first-order chi connectivity index (χ1) is 6.22. The first-order valence-electron chi connectivity index (χ1n) is 3.99. The van der Waals surface area contributed by atoms with Gasteiger partial charge in [-0.1, -0.05) is 29.8 Å². The second-order valence-electron chi connectivity index (χ2n) is 2.84. The molecule has 0 N–H and O–H groups in total. The lowest BCUT2D eigenvalue weighted by Gasteiger charge is -2.01. The zero-order valence-corrected chi connectivity index (χ0v) is 7.33. The van der Waals surface area contributed by atoms with Crippen LogP contribution in [0.3, 0.4) is 0 Å². The molecule has 2 nitrogen and oxygen atoms in total. The number of carbonyl (C=O) groups excluding carboxylic acids is 1. The molecule has 1 aromatic carbocycles. The number of hydrogen-bond donors (Lipinski definition) is 0. The molecule has 1 aromatic rings. The summed E-state index contributed by atoms with van der Waals surface area (Å²) in [5.74, 6) is 0. The van der Waals surface area contributed by atoms with Gasteiger partial charge in [-0.2, -0.15) is 4.99 Å². The molecule has 0 spiro atoms. The van der Waals surface area contributed by atoms with Gasteiger partial charge in [-0.3, -0.25) is 0 Å². The lowest BCUT2D eigenvalue weighted by Crippen LogP contribution is -2.00. The van der Waals surface area contributed by atoms with E-state index in [1.165, 1.54) is 6.08 Å². The number of alkyl halides is 1. The second kappa shape index (κ2) is 4.53. The van der Waals surface area contributed by atoms with E-state index in [1.807, 2.05) is 31.2 Å². The topological polar surface area (TPSA) is 29.4 Å². The Hall–Kier alpha value is -1.47. The van der Waals surface area contributed by atoms with Crippen molar-refractivity contribution in [2.24, 2.45) is 4.99 Å². The molecule has 0 aliphatic carbocycles. The molecule has 0 fully saturated rings. The SMILES string of the molecule is Cc1ccc(CC(F)N=C=O)cc1. The number of halogens is 1. The maximum absolute atomic E-state index is 12.8. The van der Waals surface area contributed by atoms with Crippen molar-refractivity contribution in [2.75, 3.05) is 0 Å². The largest absolute Gasteiger partial charge is 0.237 e. The Bertz CT molecular complexity index is 314. The zero-order valence-electron chi connectivity index (χ0n) is 7.33. The molecule has 0 radical (unpaired) electrons. The summed E-state index contributed by atoms with van der Waals surface area (Å²) in [7, 11) is 0. The molecule has 0 saturated carbocycles. The van der Waals surface area contributed by atoms with Crippen LogP contribution in [0.4, 0.5) is 4.39 Å². The van der Waals surface area contributed by atoms with Crippen LogP contribution in [0.5, 0.6) is 0 Å². The van der Waals surface area contributed by atoms with E-state index in [0.29, 0.717) is 0 Å². The molecule has 68 valence electrons. The normalized spacial score (nSPS) is 11.8. The number of aryl methyl sites for hydroxylation is 1. The van der Waals surface area contributed by atoms with E-state index in [2.05, 4.69) is 4.99 Å². The van der Waals surface area contributed by atoms with Crippen LogP contribution in [0, 0.1) is 6.92 Å². The minimum absolute atomic E-state index is 0.134. The van der Waals surface area contributed by atoms with E-state index in [0.717, 1.165) is 11.1 Å². The Balaban J connectivity index is 2.64. The monoisotopic (exact) mass is 179 g/mol. The highest BCUT2D eigenvalue weighted by Gasteiger charge is 2.04. The summed E-state index contributed by atoms with van der Waals surface area (Å²) in [5, 5.41) is 0. The summed E-state index contributed by atoms with van der Waals surface area (Å²) in [6.45, 7) is 1.96. The van der Waals surface area contributed by atoms with Gasteiger partial charge in [-0.05, 0) is 12.5 Å². The second-order valence-corrected chi connectivity index (χ2v) is 2.84. The molecule has 1 rings (SSSR count). The van der Waals surface area contributed by atoms with Crippen LogP contribution < -0.4 is 0 Å². The Morgan fingerprint density at radius 3 is 2.62 bits per heavy atom. The first kappa shape index (κ1) is 9.62. The van der Waals surface area contributed by atoms with Crippen LogP contribution >= 0.6 is 0 Å². The number of isocyanates is 1. The zero-order chi connectivity index (χ0) is 9.68. The van der Waals surface area contributed by atoms with Crippen molar-refractivity contribution in [1.82, 2.24) is 0 Å². The van der Waals surface area contributed by atoms with Crippen molar-refractivity contribution < 1.29 is 9.18 Å². The highest BCUT2D eigenvalue weighted by Crippen LogP contribution is 2.08. The predicted molar refractivity (Wildman–Crippen MR) is 47.9 cm³/mol. The van der Waals surface area contributed by atoms with E-state index in [9.17, 15) is 9.18 Å². The van der Waals surface area contributed by atoms with E-state index >= 15 is 0 Å². The van der Waals surface area contributed by atoms with Crippen LogP contribution in [-0.4, -0.2) is 12.4 Å². The standard InChI is InChI=1S/C10H10FNO/c1-8-2-4-9(5-3-8)6-10(11)12-7-13/h2-5,10H,6H2,1H3. The van der Waals surface area contributed by atoms with Gasteiger partial charge in [0.25, 0.3) is 0 Å². The fourth-order valence-electron chi connectivity index (χ4n) is 1.02. The van der Waals surface area contributed by atoms with Gasteiger partial charge < -0.3 is 0 Å². The van der Waals surface area contributed by atoms with Crippen LogP contribution in [-0.2, 0) is 11.2 Å². The van der Waals surface area contributed by atoms with Gasteiger partial charge >= 0.3 is 0 Å². The minimum Gasteiger partial charge on any atom is -0.221 e. The van der Waals surface area contributed by atoms with E-state index < -0.39 is 6.30 Å². The van der Waals surface area contributed by atoms with Gasteiger partial charge in [0.15, 0.2) is 0 Å². The third-order valence-corrected chi connectivity index (χ3v) is 1.72. The van der Waals surface area contributed by atoms with Gasteiger partial charge in [-0.25, -0.2) is 9.18 Å². The molecule has 0 saturated heterocycles. The third kappa shape index (κ3) is 3.18. The molecule has 0 aliphatic heterocycles. The fraction of sp³-hybridized carbons (Fsp3) is 0.300. The number of hydrogen-bond acceptors (Lipinski definition) is 2. The van der Waals surface area contributed by atoms with Gasteiger partial charge in [0.2, 0.25) is 12.4 Å². The first-order valence-corrected chi connectivity index (χ1v) is 3.99. The maximum Gasteiger partial charge on any atom is 0.237 e. The molecular formula is C10H10FNO. The molecule has 0 heterocycles. The number of aliphatic imine (C=N–C) groups is 1. The number of benzene rings is 1. The van der Waals surface area contributed by atoms with Crippen LogP contribution in [0.25, 0.3) is 0 Å². The molecule has 13 heavy (non-hydrogen) atoms. The summed E-state index contributed by atoms with van der Waals surface area (Å²) >= 11 is 0. The van der Waals surface area contributed by atoms with E-state index in [-0.39, 0.29) is 6.42 Å². The van der Waals surface area contributed by atoms with Gasteiger partial charge in [0.1, 0.15) is 0 Å². The molecule has 1 atom stereocenters. The van der Waals surface area contributed by atoms with Gasteiger partial charge in [0.05, 0.1) is 0 Å². The lowest BCUT2D eigenvalue weighted by atomic mass is 10.1. The summed E-state index contributed by atoms with van der Waals surface area (Å²) in [6.07, 6.45) is -0.138. The molecule has 0 bridgehead atoms. The minimum atomic E-state index is -1.47. The molecule has 3 heteroatoms. The van der Waals surface area contributed by atoms with Crippen molar-refractivity contribution in [2.45, 2.75) is 19.6 Å². The fourth-order valence-corrected chi connectivity index (χ4v) is 1.02. The Morgan fingerprint density at radius 2 is 2.08 bits per heavy atom. The smallest absolute Gasteiger partial charge is 0.221 e. The Morgan fingerprint density at radius 1 is 1.46 bits per heavy atom. The molecule has 0 aromatic heterocycles. The van der Waals surface area contributed by atoms with Crippen LogP contribution in [0.15, 0.2) is 29.3 Å². The Labute approximate surface area is 76.1 Å². The maximum atomic E-state index is 12.8. The summed E-state index contributed by atoms with van der Waals surface area (Å²) in [5.41, 5.74) is 1.95. The number of nitrogens with zero attached hydrogens (tertiary/aromatic N) is 1. The van der Waals surface area contributed by atoms with E-state index in [4.69, 9.17) is 0 Å². The van der Waals surface area contributed by atoms with Crippen molar-refractivity contribution in [3.8, 4) is 0 Å². The lowest BCUT2D eigenvalue weighted by molar-refractivity contribution is 0.344. The van der Waals surface area contributed by atoms with Crippen LogP contribution in [0.2, 0.25) is 0 Å². The van der Waals surface area contributed by atoms with Crippen molar-refractivity contribution in [3.63, 3.8) is 0 Å². The predicted octanol–water partition coefficient (Wildman–Crippen LogP) is 2.17. The average molecular weight is 179 g/mol. The average Bonchev–Trinajstić information content (AvgIpc) is 2.09. The molecule has 0 aliphatic rings. The van der Waals surface area contributed by atoms with E-state index in [1.54, 1.807) is 0 Å². The summed E-state index contributed by atoms with van der Waals surface area (Å²) in [4.78, 5) is 12.7.